The Kier molecular flexibility index (Phi) is 3.49. The van der Waals surface area contributed by atoms with Gasteiger partial charge in [0.1, 0.15) is 5.84 Å². The largest absolute Gasteiger partial charge is 0.383 e. The third-order valence-corrected chi connectivity index (χ3v) is 3.73. The van der Waals surface area contributed by atoms with Crippen molar-refractivity contribution in [2.45, 2.75) is 5.75 Å². The van der Waals surface area contributed by atoms with Crippen LogP contribution in [0.15, 0.2) is 28.7 Å². The van der Waals surface area contributed by atoms with Gasteiger partial charge in [-0.05, 0) is 11.1 Å². The van der Waals surface area contributed by atoms with Gasteiger partial charge in [-0.15, -0.1) is 4.40 Å². The minimum atomic E-state index is -3.47. The topological polar surface area (TPSA) is 81.8 Å². The zero-order chi connectivity index (χ0) is 13.2. The van der Waals surface area contributed by atoms with E-state index in [0.717, 1.165) is 5.56 Å². The maximum absolute atomic E-state index is 11.5. The number of methoxy groups -OCH3 is 1. The van der Waals surface area contributed by atoms with Crippen LogP contribution in [0.4, 0.5) is 0 Å². The fourth-order valence-corrected chi connectivity index (χ4v) is 2.98. The molecule has 0 saturated heterocycles. The molecule has 0 amide bonds. The number of rotatable bonds is 3. The number of nitrogens with two attached hydrogens (primary N) is 1. The first-order valence-corrected chi connectivity index (χ1v) is 7.00. The highest BCUT2D eigenvalue weighted by Gasteiger charge is 2.23. The number of sulfonamides is 1. The van der Waals surface area contributed by atoms with E-state index in [0.29, 0.717) is 17.7 Å². The lowest BCUT2D eigenvalue weighted by Crippen LogP contribution is -2.24. The van der Waals surface area contributed by atoms with Gasteiger partial charge in [0.2, 0.25) is 0 Å². The summed E-state index contributed by atoms with van der Waals surface area (Å²) in [6, 6.07) is 5.42. The molecule has 0 atom stereocenters. The van der Waals surface area contributed by atoms with Crippen molar-refractivity contribution >= 4 is 21.9 Å². The summed E-state index contributed by atoms with van der Waals surface area (Å²) in [6.07, 6.45) is 3.69. The van der Waals surface area contributed by atoms with Crippen LogP contribution in [0.25, 0.3) is 6.08 Å². The lowest BCUT2D eigenvalue weighted by Gasteiger charge is -2.16. The smallest absolute Gasteiger partial charge is 0.259 e. The Morgan fingerprint density at radius 1 is 1.50 bits per heavy atom. The molecule has 0 spiro atoms. The number of hydrogen-bond donors (Lipinski definition) is 1. The normalized spacial score (nSPS) is 17.5. The first-order valence-electron chi connectivity index (χ1n) is 5.39. The summed E-state index contributed by atoms with van der Waals surface area (Å²) in [5, 5.41) is 0. The molecule has 0 radical (unpaired) electrons. The van der Waals surface area contributed by atoms with Crippen LogP contribution >= 0.6 is 0 Å². The molecule has 1 heterocycles. The summed E-state index contributed by atoms with van der Waals surface area (Å²) in [6.45, 7) is 0.485. The average Bonchev–Trinajstić information content (AvgIpc) is 2.27. The molecule has 0 bridgehead atoms. The van der Waals surface area contributed by atoms with E-state index in [1.54, 1.807) is 19.2 Å². The van der Waals surface area contributed by atoms with E-state index < -0.39 is 10.0 Å². The molecule has 0 saturated carbocycles. The Bertz CT molecular complexity index is 618. The Morgan fingerprint density at radius 2 is 2.28 bits per heavy atom. The summed E-state index contributed by atoms with van der Waals surface area (Å²) in [7, 11) is -1.87. The number of amidine groups is 1. The van der Waals surface area contributed by atoms with Crippen LogP contribution in [0.5, 0.6) is 0 Å². The Morgan fingerprint density at radius 3 is 3.00 bits per heavy atom. The van der Waals surface area contributed by atoms with Crippen molar-refractivity contribution in [2.24, 2.45) is 10.1 Å². The molecule has 1 aromatic rings. The molecule has 18 heavy (non-hydrogen) atoms. The molecule has 0 aromatic heterocycles. The second kappa shape index (κ2) is 4.91. The lowest BCUT2D eigenvalue weighted by molar-refractivity contribution is 0.234. The molecule has 2 N–H and O–H groups in total. The molecule has 6 heteroatoms. The molecule has 1 aliphatic heterocycles. The number of benzene rings is 1. The monoisotopic (exact) mass is 266 g/mol. The zero-order valence-corrected chi connectivity index (χ0v) is 10.8. The summed E-state index contributed by atoms with van der Waals surface area (Å²) in [5.74, 6) is -0.0523. The fraction of sp³-hybridized carbons (Fsp3) is 0.250. The first-order chi connectivity index (χ1) is 8.53. The van der Waals surface area contributed by atoms with Crippen LogP contribution in [-0.4, -0.2) is 28.0 Å². The van der Waals surface area contributed by atoms with E-state index in [1.165, 1.54) is 0 Å². The summed E-state index contributed by atoms with van der Waals surface area (Å²) >= 11 is 0. The summed E-state index contributed by atoms with van der Waals surface area (Å²) < 4.78 is 31.4. The van der Waals surface area contributed by atoms with E-state index in [9.17, 15) is 8.42 Å². The maximum atomic E-state index is 11.5. The van der Waals surface area contributed by atoms with Gasteiger partial charge in [-0.3, -0.25) is 0 Å². The molecule has 1 aliphatic rings. The second-order valence-electron chi connectivity index (χ2n) is 3.94. The van der Waals surface area contributed by atoms with Crippen molar-refractivity contribution in [1.82, 2.24) is 0 Å². The van der Waals surface area contributed by atoms with Gasteiger partial charge in [-0.25, -0.2) is 8.42 Å². The van der Waals surface area contributed by atoms with Crippen LogP contribution < -0.4 is 5.73 Å². The predicted octanol–water partition coefficient (Wildman–Crippen LogP) is 0.895. The second-order valence-corrected chi connectivity index (χ2v) is 5.58. The van der Waals surface area contributed by atoms with Crippen LogP contribution in [0.2, 0.25) is 0 Å². The van der Waals surface area contributed by atoms with Gasteiger partial charge in [0.15, 0.2) is 0 Å². The minimum absolute atomic E-state index is 0.0499. The number of hydrogen-bond acceptors (Lipinski definition) is 4. The highest BCUT2D eigenvalue weighted by atomic mass is 32.2. The van der Waals surface area contributed by atoms with Crippen molar-refractivity contribution in [2.75, 3.05) is 13.7 Å². The molecule has 0 unspecified atom stereocenters. The van der Waals surface area contributed by atoms with E-state index in [-0.39, 0.29) is 11.6 Å². The van der Waals surface area contributed by atoms with E-state index in [2.05, 4.69) is 4.40 Å². The van der Waals surface area contributed by atoms with Crippen LogP contribution in [-0.2, 0) is 20.5 Å². The molecule has 0 fully saturated rings. The van der Waals surface area contributed by atoms with E-state index in [4.69, 9.17) is 10.5 Å². The van der Waals surface area contributed by atoms with Crippen LogP contribution in [0.3, 0.4) is 0 Å². The number of fused-ring (bicyclic) bond motifs is 1. The highest BCUT2D eigenvalue weighted by molar-refractivity contribution is 7.89. The number of ether oxygens (including phenoxy) is 1. The lowest BCUT2D eigenvalue weighted by atomic mass is 10.0. The standard InChI is InChI=1S/C12H14N2O3S/c1-17-7-3-6-9-4-2-5-10-8-18(15,16)14-12(13)11(9)10/h2-6H,7-8H2,1H3,(H2,13,14)/b6-3+. The molecular formula is C12H14N2O3S. The Balaban J connectivity index is 2.49. The van der Waals surface area contributed by atoms with E-state index >= 15 is 0 Å². The SMILES string of the molecule is COC/C=C/c1cccc2c1C(N)=NS(=O)(=O)C2. The third-order valence-electron chi connectivity index (χ3n) is 2.57. The first kappa shape index (κ1) is 12.8. The van der Waals surface area contributed by atoms with Crippen LogP contribution in [0, 0.1) is 0 Å². The van der Waals surface area contributed by atoms with Crippen molar-refractivity contribution in [3.8, 4) is 0 Å². The fourth-order valence-electron chi connectivity index (χ4n) is 1.89. The molecule has 1 aromatic carbocycles. The van der Waals surface area contributed by atoms with Crippen molar-refractivity contribution < 1.29 is 13.2 Å². The molecule has 5 nitrogen and oxygen atoms in total. The predicted molar refractivity (Wildman–Crippen MR) is 70.7 cm³/mol. The zero-order valence-electron chi connectivity index (χ0n) is 9.96. The van der Waals surface area contributed by atoms with E-state index in [1.807, 2.05) is 18.2 Å². The molecular weight excluding hydrogens is 252 g/mol. The third kappa shape index (κ3) is 2.60. The van der Waals surface area contributed by atoms with Gasteiger partial charge in [-0.1, -0.05) is 30.4 Å². The van der Waals surface area contributed by atoms with Crippen LogP contribution in [0.1, 0.15) is 16.7 Å². The van der Waals surface area contributed by atoms with Gasteiger partial charge in [0.25, 0.3) is 10.0 Å². The quantitative estimate of drug-likeness (QED) is 0.881. The Hall–Kier alpha value is -1.66. The summed E-state index contributed by atoms with van der Waals surface area (Å²) in [5.41, 5.74) is 7.96. The van der Waals surface area contributed by atoms with Gasteiger partial charge >= 0.3 is 0 Å². The summed E-state index contributed by atoms with van der Waals surface area (Å²) in [4.78, 5) is 0. The van der Waals surface area contributed by atoms with Crippen molar-refractivity contribution in [3.63, 3.8) is 0 Å². The van der Waals surface area contributed by atoms with Gasteiger partial charge in [0, 0.05) is 12.7 Å². The van der Waals surface area contributed by atoms with Crippen molar-refractivity contribution in [3.05, 3.63) is 41.0 Å². The van der Waals surface area contributed by atoms with Gasteiger partial charge < -0.3 is 10.5 Å². The number of nitrogens with zero attached hydrogens (tertiary/aromatic N) is 1. The molecule has 96 valence electrons. The maximum Gasteiger partial charge on any atom is 0.259 e. The Labute approximate surface area is 106 Å². The average molecular weight is 266 g/mol. The van der Waals surface area contributed by atoms with Crippen molar-refractivity contribution in [1.29, 1.82) is 0 Å². The van der Waals surface area contributed by atoms with Gasteiger partial charge in [-0.2, -0.15) is 0 Å². The minimum Gasteiger partial charge on any atom is -0.383 e. The molecule has 2 rings (SSSR count). The molecule has 0 aliphatic carbocycles. The van der Waals surface area contributed by atoms with Gasteiger partial charge in [0.05, 0.1) is 12.4 Å². The highest BCUT2D eigenvalue weighted by Crippen LogP contribution is 2.23.